The third-order valence-electron chi connectivity index (χ3n) is 6.03. The Labute approximate surface area is 196 Å². The van der Waals surface area contributed by atoms with E-state index in [0.717, 1.165) is 17.4 Å². The van der Waals surface area contributed by atoms with Gasteiger partial charge in [-0.1, -0.05) is 18.2 Å². The summed E-state index contributed by atoms with van der Waals surface area (Å²) in [5, 5.41) is 0.0384. The van der Waals surface area contributed by atoms with Crippen molar-refractivity contribution in [2.24, 2.45) is 7.05 Å². The minimum Gasteiger partial charge on any atom is -0.496 e. The summed E-state index contributed by atoms with van der Waals surface area (Å²) in [6, 6.07) is 11.0. The molecule has 0 spiro atoms. The Kier molecular flexibility index (Phi) is 6.58. The predicted molar refractivity (Wildman–Crippen MR) is 126 cm³/mol. The van der Waals surface area contributed by atoms with Crippen molar-refractivity contribution in [3.8, 4) is 5.75 Å². The van der Waals surface area contributed by atoms with Crippen LogP contribution in [0, 0.1) is 0 Å². The minimum atomic E-state index is -3.98. The maximum atomic E-state index is 13.1. The Morgan fingerprint density at radius 2 is 1.79 bits per heavy atom. The third kappa shape index (κ3) is 4.48. The maximum absolute atomic E-state index is 13.1. The Bertz CT molecular complexity index is 1470. The predicted octanol–water partition coefficient (Wildman–Crippen LogP) is 0.810. The number of amides is 1. The third-order valence-corrected chi connectivity index (χ3v) is 7.43. The number of benzene rings is 2. The van der Waals surface area contributed by atoms with Crippen LogP contribution in [0.3, 0.4) is 0 Å². The quantitative estimate of drug-likeness (QED) is 0.528. The Morgan fingerprint density at radius 1 is 1.09 bits per heavy atom. The van der Waals surface area contributed by atoms with Crippen LogP contribution in [0.4, 0.5) is 0 Å². The van der Waals surface area contributed by atoms with Crippen molar-refractivity contribution in [3.05, 3.63) is 68.9 Å². The summed E-state index contributed by atoms with van der Waals surface area (Å²) < 4.78 is 35.8. The number of hydrogen-bond acceptors (Lipinski definition) is 6. The number of fused-ring (bicyclic) bond motifs is 1. The van der Waals surface area contributed by atoms with Gasteiger partial charge in [0, 0.05) is 32.2 Å². The molecule has 1 amide bonds. The first-order chi connectivity index (χ1) is 16.2. The Hall–Kier alpha value is -3.44. The molecule has 3 aromatic rings. The number of nitrogens with one attached hydrogen (secondary N) is 1. The van der Waals surface area contributed by atoms with Crippen LogP contribution >= 0.6 is 0 Å². The van der Waals surface area contributed by atoms with Crippen LogP contribution in [0.2, 0.25) is 0 Å². The minimum absolute atomic E-state index is 0.00771. The van der Waals surface area contributed by atoms with E-state index >= 15 is 0 Å². The topological polar surface area (TPSA) is 120 Å². The van der Waals surface area contributed by atoms with Gasteiger partial charge in [-0.25, -0.2) is 17.9 Å². The van der Waals surface area contributed by atoms with E-state index < -0.39 is 21.3 Å². The van der Waals surface area contributed by atoms with Crippen LogP contribution in [-0.4, -0.2) is 48.6 Å². The number of para-hydroxylation sites is 1. The van der Waals surface area contributed by atoms with Gasteiger partial charge in [0.15, 0.2) is 0 Å². The number of sulfonamides is 1. The fourth-order valence-corrected chi connectivity index (χ4v) is 5.14. The highest BCUT2D eigenvalue weighted by molar-refractivity contribution is 7.89. The van der Waals surface area contributed by atoms with E-state index in [1.165, 1.54) is 36.9 Å². The van der Waals surface area contributed by atoms with E-state index in [4.69, 9.17) is 4.74 Å². The maximum Gasteiger partial charge on any atom is 0.331 e. The van der Waals surface area contributed by atoms with Crippen LogP contribution in [0.15, 0.2) is 56.9 Å². The molecule has 0 unspecified atom stereocenters. The molecule has 0 aliphatic carbocycles. The number of methoxy groups -OCH3 is 1. The second-order valence-corrected chi connectivity index (χ2v) is 9.90. The number of aryl methyl sites for hydroxylation is 1. The number of carbonyl (C=O) groups excluding carboxylic acids is 1. The van der Waals surface area contributed by atoms with E-state index in [-0.39, 0.29) is 34.8 Å². The summed E-state index contributed by atoms with van der Waals surface area (Å²) >= 11 is 0. The van der Waals surface area contributed by atoms with Gasteiger partial charge >= 0.3 is 5.69 Å². The number of rotatable bonds is 7. The Morgan fingerprint density at radius 3 is 2.50 bits per heavy atom. The van der Waals surface area contributed by atoms with Gasteiger partial charge in [-0.15, -0.1) is 0 Å². The largest absolute Gasteiger partial charge is 0.496 e. The van der Waals surface area contributed by atoms with Gasteiger partial charge in [0.25, 0.3) is 5.56 Å². The first kappa shape index (κ1) is 23.7. The van der Waals surface area contributed by atoms with Gasteiger partial charge in [0.2, 0.25) is 15.9 Å². The first-order valence-corrected chi connectivity index (χ1v) is 12.3. The summed E-state index contributed by atoms with van der Waals surface area (Å²) in [7, 11) is -0.998. The smallest absolute Gasteiger partial charge is 0.331 e. The molecule has 1 saturated heterocycles. The molecule has 1 aliphatic heterocycles. The van der Waals surface area contributed by atoms with Crippen molar-refractivity contribution in [3.63, 3.8) is 0 Å². The van der Waals surface area contributed by atoms with E-state index in [2.05, 4.69) is 4.72 Å². The molecule has 0 bridgehead atoms. The van der Waals surface area contributed by atoms with Gasteiger partial charge in [-0.2, -0.15) is 0 Å². The van der Waals surface area contributed by atoms with Gasteiger partial charge in [0.1, 0.15) is 12.3 Å². The van der Waals surface area contributed by atoms with E-state index in [1.54, 1.807) is 29.2 Å². The summed E-state index contributed by atoms with van der Waals surface area (Å²) in [5.74, 6) is 0.238. The molecular formula is C23H26N4O6S. The number of carbonyl (C=O) groups is 1. The summed E-state index contributed by atoms with van der Waals surface area (Å²) in [5.41, 5.74) is -0.398. The standard InChI is InChI=1S/C23H26N4O6S/c1-25-19-10-9-17(34(31,32)24-14-16-7-3-4-8-20(16)33-2)13-18(19)22(29)27(23(25)30)15-21(28)26-11-5-6-12-26/h3-4,7-10,13,24H,5-6,11-12,14-15H2,1-2H3. The molecule has 34 heavy (non-hydrogen) atoms. The van der Waals surface area contributed by atoms with E-state index in [1.807, 2.05) is 0 Å². The number of hydrogen-bond donors (Lipinski definition) is 1. The molecule has 1 aliphatic rings. The normalized spacial score (nSPS) is 14.0. The SMILES string of the molecule is COc1ccccc1CNS(=O)(=O)c1ccc2c(c1)c(=O)n(CC(=O)N1CCCC1)c(=O)n2C. The van der Waals surface area contributed by atoms with Crippen LogP contribution in [0.5, 0.6) is 5.75 Å². The zero-order valence-corrected chi connectivity index (χ0v) is 19.8. The van der Waals surface area contributed by atoms with Crippen LogP contribution in [0.25, 0.3) is 10.9 Å². The highest BCUT2D eigenvalue weighted by atomic mass is 32.2. The highest BCUT2D eigenvalue weighted by Gasteiger charge is 2.22. The lowest BCUT2D eigenvalue weighted by molar-refractivity contribution is -0.130. The molecule has 11 heteroatoms. The summed E-state index contributed by atoms with van der Waals surface area (Å²) in [6.45, 7) is 0.806. The molecule has 2 heterocycles. The lowest BCUT2D eigenvalue weighted by Gasteiger charge is -2.17. The highest BCUT2D eigenvalue weighted by Crippen LogP contribution is 2.19. The van der Waals surface area contributed by atoms with Gasteiger partial charge in [0.05, 0.1) is 22.9 Å². The van der Waals surface area contributed by atoms with Crippen molar-refractivity contribution in [2.45, 2.75) is 30.8 Å². The first-order valence-electron chi connectivity index (χ1n) is 10.9. The zero-order valence-electron chi connectivity index (χ0n) is 19.0. The number of ether oxygens (including phenoxy) is 1. The van der Waals surface area contributed by atoms with Crippen LogP contribution in [-0.2, 0) is 35.0 Å². The number of aromatic nitrogens is 2. The summed E-state index contributed by atoms with van der Waals surface area (Å²) in [4.78, 5) is 40.0. The Balaban J connectivity index is 1.69. The second-order valence-electron chi connectivity index (χ2n) is 8.14. The molecule has 4 rings (SSSR count). The second kappa shape index (κ2) is 9.43. The molecule has 0 saturated carbocycles. The van der Waals surface area contributed by atoms with Crippen LogP contribution in [0.1, 0.15) is 18.4 Å². The van der Waals surface area contributed by atoms with Crippen molar-refractivity contribution in [2.75, 3.05) is 20.2 Å². The molecule has 2 aromatic carbocycles. The fourth-order valence-electron chi connectivity index (χ4n) is 4.11. The van der Waals surface area contributed by atoms with Crippen molar-refractivity contribution >= 4 is 26.8 Å². The number of likely N-dealkylation sites (tertiary alicyclic amines) is 1. The van der Waals surface area contributed by atoms with Gasteiger partial charge in [-0.05, 0) is 37.1 Å². The molecule has 180 valence electrons. The van der Waals surface area contributed by atoms with Crippen LogP contribution < -0.4 is 20.7 Å². The monoisotopic (exact) mass is 486 g/mol. The number of nitrogens with zero attached hydrogens (tertiary/aromatic N) is 3. The lowest BCUT2D eigenvalue weighted by atomic mass is 10.2. The fraction of sp³-hybridized carbons (Fsp3) is 0.348. The lowest BCUT2D eigenvalue weighted by Crippen LogP contribution is -2.43. The molecule has 0 radical (unpaired) electrons. The van der Waals surface area contributed by atoms with Gasteiger partial charge in [-0.3, -0.25) is 18.7 Å². The average Bonchev–Trinajstić information content (AvgIpc) is 3.39. The average molecular weight is 487 g/mol. The zero-order chi connectivity index (χ0) is 24.5. The molecule has 0 atom stereocenters. The molecule has 10 nitrogen and oxygen atoms in total. The molecule has 1 fully saturated rings. The molecule has 1 aromatic heterocycles. The van der Waals surface area contributed by atoms with Crippen molar-refractivity contribution < 1.29 is 17.9 Å². The van der Waals surface area contributed by atoms with Crippen molar-refractivity contribution in [1.29, 1.82) is 0 Å². The van der Waals surface area contributed by atoms with E-state index in [9.17, 15) is 22.8 Å². The van der Waals surface area contributed by atoms with E-state index in [0.29, 0.717) is 24.4 Å². The molecular weight excluding hydrogens is 460 g/mol. The van der Waals surface area contributed by atoms with Gasteiger partial charge < -0.3 is 9.64 Å². The summed E-state index contributed by atoms with van der Waals surface area (Å²) in [6.07, 6.45) is 1.78. The van der Waals surface area contributed by atoms with Crippen molar-refractivity contribution in [1.82, 2.24) is 18.8 Å². The molecule has 1 N–H and O–H groups in total.